The van der Waals surface area contributed by atoms with Crippen molar-refractivity contribution in [1.82, 2.24) is 29.9 Å². The van der Waals surface area contributed by atoms with Crippen LogP contribution in [0.25, 0.3) is 62.5 Å². The summed E-state index contributed by atoms with van der Waals surface area (Å²) in [6, 6.07) is 58.3. The molecule has 0 fully saturated rings. The van der Waals surface area contributed by atoms with E-state index >= 15 is 0 Å². The molecule has 1 unspecified atom stereocenters. The number of nitrogens with zero attached hydrogens (tertiary/aromatic N) is 7. The summed E-state index contributed by atoms with van der Waals surface area (Å²) in [7, 11) is 0. The summed E-state index contributed by atoms with van der Waals surface area (Å²) < 4.78 is 0. The molecule has 0 aliphatic heterocycles. The van der Waals surface area contributed by atoms with Crippen LogP contribution in [0.4, 0.5) is 0 Å². The lowest BCUT2D eigenvalue weighted by atomic mass is 9.70. The van der Waals surface area contributed by atoms with Gasteiger partial charge in [-0.05, 0) is 41.3 Å². The minimum Gasteiger partial charge on any atom is -0.212 e. The van der Waals surface area contributed by atoms with Crippen LogP contribution in [0.1, 0.15) is 28.9 Å². The van der Waals surface area contributed by atoms with Crippen molar-refractivity contribution in [1.29, 1.82) is 5.26 Å². The molecule has 2 aromatic heterocycles. The lowest BCUT2D eigenvalue weighted by Gasteiger charge is -2.34. The first-order chi connectivity index (χ1) is 27.6. The van der Waals surface area contributed by atoms with Crippen LogP contribution in [0.2, 0.25) is 0 Å². The molecular weight excluding hydrogens is 687 g/mol. The molecule has 0 amide bonds. The standard InChI is InChI=1S/C49H33N7/c50-33-34-16-13-28-42(30-34)49(48-55-45(37-21-9-3-10-22-37)54-46(56-48)38-23-11-4-12-24-38)29-15-27-41(32-49)39-25-14-26-40(31-39)47-52-43(35-17-5-1-6-18-35)51-44(53-47)36-19-7-2-8-20-36/h1-31H,32H2. The first kappa shape index (κ1) is 34.1. The largest absolute Gasteiger partial charge is 0.212 e. The molecule has 6 aromatic carbocycles. The highest BCUT2D eigenvalue weighted by Gasteiger charge is 2.39. The van der Waals surface area contributed by atoms with Crippen molar-refractivity contribution in [2.45, 2.75) is 11.8 Å². The van der Waals surface area contributed by atoms with Crippen LogP contribution in [0.5, 0.6) is 0 Å². The molecule has 8 aromatic rings. The molecule has 7 nitrogen and oxygen atoms in total. The number of allylic oxidation sites excluding steroid dienone is 4. The Bertz CT molecular complexity index is 2660. The number of hydrogen-bond donors (Lipinski definition) is 0. The molecule has 0 N–H and O–H groups in total. The van der Waals surface area contributed by atoms with Gasteiger partial charge in [0.05, 0.1) is 17.0 Å². The maximum absolute atomic E-state index is 10.0. The van der Waals surface area contributed by atoms with Gasteiger partial charge in [-0.1, -0.05) is 170 Å². The average Bonchev–Trinajstić information content (AvgIpc) is 3.30. The molecule has 0 saturated carbocycles. The van der Waals surface area contributed by atoms with Gasteiger partial charge in [0, 0.05) is 27.8 Å². The van der Waals surface area contributed by atoms with Crippen molar-refractivity contribution in [3.8, 4) is 63.0 Å². The van der Waals surface area contributed by atoms with Gasteiger partial charge in [-0.2, -0.15) is 5.26 Å². The summed E-state index contributed by atoms with van der Waals surface area (Å²) in [6.45, 7) is 0. The van der Waals surface area contributed by atoms with Crippen molar-refractivity contribution < 1.29 is 0 Å². The van der Waals surface area contributed by atoms with Crippen LogP contribution in [-0.2, 0) is 5.41 Å². The number of hydrogen-bond acceptors (Lipinski definition) is 7. The number of rotatable bonds is 8. The molecule has 56 heavy (non-hydrogen) atoms. The van der Waals surface area contributed by atoms with Gasteiger partial charge in [-0.15, -0.1) is 0 Å². The second-order valence-corrected chi connectivity index (χ2v) is 13.5. The van der Waals surface area contributed by atoms with Gasteiger partial charge in [0.1, 0.15) is 5.82 Å². The third-order valence-corrected chi connectivity index (χ3v) is 9.94. The molecule has 0 bridgehead atoms. The van der Waals surface area contributed by atoms with Gasteiger partial charge < -0.3 is 0 Å². The molecule has 1 aliphatic carbocycles. The lowest BCUT2D eigenvalue weighted by molar-refractivity contribution is 0.604. The van der Waals surface area contributed by atoms with E-state index in [1.807, 2.05) is 152 Å². The highest BCUT2D eigenvalue weighted by molar-refractivity contribution is 5.76. The van der Waals surface area contributed by atoms with Gasteiger partial charge >= 0.3 is 0 Å². The third-order valence-electron chi connectivity index (χ3n) is 9.94. The minimum atomic E-state index is -0.836. The smallest absolute Gasteiger partial charge is 0.164 e. The zero-order chi connectivity index (χ0) is 37.7. The van der Waals surface area contributed by atoms with Crippen LogP contribution in [0, 0.1) is 11.3 Å². The fourth-order valence-electron chi connectivity index (χ4n) is 7.10. The van der Waals surface area contributed by atoms with Crippen molar-refractivity contribution in [2.24, 2.45) is 0 Å². The van der Waals surface area contributed by atoms with Crippen LogP contribution in [-0.4, -0.2) is 29.9 Å². The Morgan fingerprint density at radius 3 is 1.36 bits per heavy atom. The number of benzene rings is 6. The number of nitriles is 1. The fraction of sp³-hybridized carbons (Fsp3) is 0.0408. The molecule has 1 aliphatic rings. The summed E-state index contributed by atoms with van der Waals surface area (Å²) in [4.78, 5) is 30.3. The van der Waals surface area contributed by atoms with E-state index in [9.17, 15) is 5.26 Å². The second-order valence-electron chi connectivity index (χ2n) is 13.5. The van der Waals surface area contributed by atoms with E-state index in [2.05, 4.69) is 42.5 Å². The quantitative estimate of drug-likeness (QED) is 0.154. The number of aromatic nitrogens is 6. The average molecular weight is 720 g/mol. The Balaban J connectivity index is 1.18. The molecule has 0 spiro atoms. The normalized spacial score (nSPS) is 14.8. The van der Waals surface area contributed by atoms with Crippen LogP contribution in [0.15, 0.2) is 188 Å². The van der Waals surface area contributed by atoms with Crippen molar-refractivity contribution in [2.75, 3.05) is 0 Å². The zero-order valence-corrected chi connectivity index (χ0v) is 30.2. The van der Waals surface area contributed by atoms with Crippen molar-refractivity contribution in [3.05, 3.63) is 211 Å². The van der Waals surface area contributed by atoms with Gasteiger partial charge in [-0.3, -0.25) is 0 Å². The highest BCUT2D eigenvalue weighted by Crippen LogP contribution is 2.44. The predicted molar refractivity (Wildman–Crippen MR) is 221 cm³/mol. The Hall–Kier alpha value is -7.69. The van der Waals surface area contributed by atoms with Crippen LogP contribution in [0.3, 0.4) is 0 Å². The molecule has 1 atom stereocenters. The van der Waals surface area contributed by atoms with Gasteiger partial charge in [0.25, 0.3) is 0 Å². The zero-order valence-electron chi connectivity index (χ0n) is 30.2. The van der Waals surface area contributed by atoms with E-state index in [-0.39, 0.29) is 0 Å². The first-order valence-corrected chi connectivity index (χ1v) is 18.4. The maximum Gasteiger partial charge on any atom is 0.164 e. The maximum atomic E-state index is 10.0. The van der Waals surface area contributed by atoms with Gasteiger partial charge in [-0.25, -0.2) is 29.9 Å². The monoisotopic (exact) mass is 719 g/mol. The lowest BCUT2D eigenvalue weighted by Crippen LogP contribution is -2.30. The fourth-order valence-corrected chi connectivity index (χ4v) is 7.10. The van der Waals surface area contributed by atoms with E-state index in [0.717, 1.165) is 44.5 Å². The molecule has 2 heterocycles. The summed E-state index contributed by atoms with van der Waals surface area (Å²) in [5.74, 6) is 3.54. The molecule has 264 valence electrons. The predicted octanol–water partition coefficient (Wildman–Crippen LogP) is 10.6. The molecular formula is C49H33N7. The topological polar surface area (TPSA) is 101 Å². The van der Waals surface area contributed by atoms with Crippen LogP contribution < -0.4 is 0 Å². The Morgan fingerprint density at radius 2 is 0.857 bits per heavy atom. The van der Waals surface area contributed by atoms with Crippen LogP contribution >= 0.6 is 0 Å². The van der Waals surface area contributed by atoms with Crippen molar-refractivity contribution in [3.63, 3.8) is 0 Å². The van der Waals surface area contributed by atoms with E-state index in [1.165, 1.54) is 0 Å². The van der Waals surface area contributed by atoms with E-state index < -0.39 is 5.41 Å². The summed E-state index contributed by atoms with van der Waals surface area (Å²) in [6.07, 6.45) is 6.89. The van der Waals surface area contributed by atoms with E-state index in [4.69, 9.17) is 29.9 Å². The third kappa shape index (κ3) is 6.79. The van der Waals surface area contributed by atoms with E-state index in [0.29, 0.717) is 46.9 Å². The highest BCUT2D eigenvalue weighted by atomic mass is 15.1. The SMILES string of the molecule is N#Cc1cccc(C2(c3nc(-c4ccccc4)nc(-c4ccccc4)n3)C=CC=C(c3cccc(-c4nc(-c5ccccc5)nc(-c5ccccc5)n4)c3)C2)c1. The second kappa shape index (κ2) is 15.0. The van der Waals surface area contributed by atoms with Gasteiger partial charge in [0.2, 0.25) is 0 Å². The summed E-state index contributed by atoms with van der Waals surface area (Å²) in [5, 5.41) is 10.0. The Kier molecular flexibility index (Phi) is 9.12. The molecule has 7 heteroatoms. The summed E-state index contributed by atoms with van der Waals surface area (Å²) >= 11 is 0. The van der Waals surface area contributed by atoms with Crippen molar-refractivity contribution >= 4 is 5.57 Å². The Morgan fingerprint density at radius 1 is 0.429 bits per heavy atom. The molecule has 0 radical (unpaired) electrons. The Labute approximate surface area is 325 Å². The molecule has 0 saturated heterocycles. The first-order valence-electron chi connectivity index (χ1n) is 18.4. The minimum absolute atomic E-state index is 0.524. The van der Waals surface area contributed by atoms with Gasteiger partial charge in [0.15, 0.2) is 29.1 Å². The summed E-state index contributed by atoms with van der Waals surface area (Å²) in [5.41, 5.74) is 7.19. The molecule has 9 rings (SSSR count). The van der Waals surface area contributed by atoms with E-state index in [1.54, 1.807) is 0 Å².